The molecule has 8 nitrogen and oxygen atoms in total. The molecule has 0 atom stereocenters. The van der Waals surface area contributed by atoms with Crippen LogP contribution in [0.15, 0.2) is 36.4 Å². The number of fused-ring (bicyclic) bond motifs is 2. The summed E-state index contributed by atoms with van der Waals surface area (Å²) in [5.41, 5.74) is 3.33. The minimum Gasteiger partial charge on any atom is -0.383 e. The first-order chi connectivity index (χ1) is 16.7. The second-order valence-corrected chi connectivity index (χ2v) is 8.88. The molecule has 2 heterocycles. The summed E-state index contributed by atoms with van der Waals surface area (Å²) in [6.45, 7) is 9.77. The average molecular weight is 465 g/mol. The SMILES string of the molecule is O=C1c2ccccc2C(=O)c2c(NCCN3CCOCC3)ccc(NCCN3CCOCC3)c21. The van der Waals surface area contributed by atoms with E-state index in [9.17, 15) is 9.59 Å². The van der Waals surface area contributed by atoms with Gasteiger partial charge in [-0.25, -0.2) is 0 Å². The molecule has 0 bridgehead atoms. The fraction of sp³-hybridized carbons (Fsp3) is 0.462. The number of nitrogens with zero attached hydrogens (tertiary/aromatic N) is 2. The van der Waals surface area contributed by atoms with Crippen molar-refractivity contribution in [2.24, 2.45) is 0 Å². The lowest BCUT2D eigenvalue weighted by molar-refractivity contribution is 0.0398. The topological polar surface area (TPSA) is 83.1 Å². The summed E-state index contributed by atoms with van der Waals surface area (Å²) >= 11 is 0. The number of rotatable bonds is 8. The molecule has 2 fully saturated rings. The third-order valence-electron chi connectivity index (χ3n) is 6.77. The van der Waals surface area contributed by atoms with E-state index in [1.807, 2.05) is 24.3 Å². The molecule has 0 amide bonds. The lowest BCUT2D eigenvalue weighted by Gasteiger charge is -2.28. The molecule has 3 aliphatic rings. The number of ketones is 2. The Bertz CT molecular complexity index is 963. The lowest BCUT2D eigenvalue weighted by Crippen LogP contribution is -2.39. The highest BCUT2D eigenvalue weighted by molar-refractivity contribution is 6.31. The number of nitrogens with one attached hydrogen (secondary N) is 2. The molecule has 2 aromatic rings. The summed E-state index contributed by atoms with van der Waals surface area (Å²) in [6, 6.07) is 11.0. The first kappa shape index (κ1) is 23.0. The van der Waals surface area contributed by atoms with E-state index in [4.69, 9.17) is 9.47 Å². The van der Waals surface area contributed by atoms with Gasteiger partial charge in [-0.3, -0.25) is 19.4 Å². The maximum absolute atomic E-state index is 13.5. The predicted molar refractivity (Wildman–Crippen MR) is 131 cm³/mol. The zero-order valence-electron chi connectivity index (χ0n) is 19.5. The van der Waals surface area contributed by atoms with E-state index in [2.05, 4.69) is 20.4 Å². The Labute approximate surface area is 200 Å². The van der Waals surface area contributed by atoms with Gasteiger partial charge in [-0.15, -0.1) is 0 Å². The Balaban J connectivity index is 1.37. The number of ether oxygens (including phenoxy) is 2. The molecule has 1 aliphatic carbocycles. The van der Waals surface area contributed by atoms with E-state index >= 15 is 0 Å². The Morgan fingerprint density at radius 3 is 1.47 bits per heavy atom. The molecule has 34 heavy (non-hydrogen) atoms. The van der Waals surface area contributed by atoms with Gasteiger partial charge in [-0.05, 0) is 12.1 Å². The van der Waals surface area contributed by atoms with Crippen molar-refractivity contribution in [1.82, 2.24) is 9.80 Å². The van der Waals surface area contributed by atoms with Crippen molar-refractivity contribution in [1.29, 1.82) is 0 Å². The molecular weight excluding hydrogens is 432 g/mol. The number of anilines is 2. The molecule has 0 unspecified atom stereocenters. The molecule has 0 radical (unpaired) electrons. The zero-order valence-corrected chi connectivity index (χ0v) is 19.5. The number of carbonyl (C=O) groups excluding carboxylic acids is 2. The van der Waals surface area contributed by atoms with Gasteiger partial charge in [0.1, 0.15) is 0 Å². The number of morpholine rings is 2. The molecule has 0 saturated carbocycles. The fourth-order valence-corrected chi connectivity index (χ4v) is 4.86. The lowest BCUT2D eigenvalue weighted by atomic mass is 9.82. The maximum atomic E-state index is 13.5. The highest BCUT2D eigenvalue weighted by Gasteiger charge is 2.33. The van der Waals surface area contributed by atoms with Crippen molar-refractivity contribution in [3.05, 3.63) is 58.7 Å². The van der Waals surface area contributed by atoms with Crippen LogP contribution in [0.2, 0.25) is 0 Å². The van der Waals surface area contributed by atoms with Gasteiger partial charge < -0.3 is 20.1 Å². The molecule has 2 aliphatic heterocycles. The van der Waals surface area contributed by atoms with Crippen LogP contribution >= 0.6 is 0 Å². The second-order valence-electron chi connectivity index (χ2n) is 8.88. The number of benzene rings is 2. The largest absolute Gasteiger partial charge is 0.383 e. The van der Waals surface area contributed by atoms with Crippen molar-refractivity contribution >= 4 is 22.9 Å². The highest BCUT2D eigenvalue weighted by atomic mass is 16.5. The summed E-state index contributed by atoms with van der Waals surface area (Å²) in [5.74, 6) is -0.202. The van der Waals surface area contributed by atoms with Crippen molar-refractivity contribution in [3.8, 4) is 0 Å². The Morgan fingerprint density at radius 2 is 1.06 bits per heavy atom. The molecule has 180 valence electrons. The minimum atomic E-state index is -0.101. The zero-order chi connectivity index (χ0) is 23.3. The van der Waals surface area contributed by atoms with Crippen LogP contribution in [0.3, 0.4) is 0 Å². The van der Waals surface area contributed by atoms with Crippen molar-refractivity contribution in [2.45, 2.75) is 0 Å². The summed E-state index contributed by atoms with van der Waals surface area (Å²) in [6.07, 6.45) is 0. The molecule has 0 spiro atoms. The third-order valence-corrected chi connectivity index (χ3v) is 6.77. The average Bonchev–Trinajstić information content (AvgIpc) is 2.89. The Morgan fingerprint density at radius 1 is 0.647 bits per heavy atom. The molecule has 2 N–H and O–H groups in total. The van der Waals surface area contributed by atoms with Gasteiger partial charge in [0.05, 0.1) is 37.6 Å². The van der Waals surface area contributed by atoms with Crippen LogP contribution < -0.4 is 10.6 Å². The van der Waals surface area contributed by atoms with Gasteiger partial charge in [0.15, 0.2) is 11.6 Å². The van der Waals surface area contributed by atoms with Gasteiger partial charge in [0.25, 0.3) is 0 Å². The van der Waals surface area contributed by atoms with Crippen molar-refractivity contribution in [3.63, 3.8) is 0 Å². The summed E-state index contributed by atoms with van der Waals surface area (Å²) in [5, 5.41) is 6.86. The number of carbonyl (C=O) groups is 2. The van der Waals surface area contributed by atoms with E-state index in [1.54, 1.807) is 12.1 Å². The van der Waals surface area contributed by atoms with Crippen LogP contribution in [-0.4, -0.2) is 100 Å². The quantitative estimate of drug-likeness (QED) is 0.524. The van der Waals surface area contributed by atoms with E-state index in [1.165, 1.54) is 0 Å². The van der Waals surface area contributed by atoms with Crippen LogP contribution in [0.4, 0.5) is 11.4 Å². The maximum Gasteiger partial charge on any atom is 0.196 e. The van der Waals surface area contributed by atoms with E-state index in [-0.39, 0.29) is 11.6 Å². The van der Waals surface area contributed by atoms with Crippen LogP contribution in [0.1, 0.15) is 31.8 Å². The first-order valence-corrected chi connectivity index (χ1v) is 12.2. The molecule has 5 rings (SSSR count). The van der Waals surface area contributed by atoms with E-state index in [0.717, 1.165) is 77.1 Å². The van der Waals surface area contributed by atoms with Gasteiger partial charge in [-0.2, -0.15) is 0 Å². The summed E-state index contributed by atoms with van der Waals surface area (Å²) in [4.78, 5) is 31.8. The minimum absolute atomic E-state index is 0.101. The molecule has 8 heteroatoms. The second kappa shape index (κ2) is 10.7. The first-order valence-electron chi connectivity index (χ1n) is 12.2. The number of hydrogen-bond donors (Lipinski definition) is 2. The Kier molecular flexibility index (Phi) is 7.20. The molecule has 2 aromatic carbocycles. The van der Waals surface area contributed by atoms with E-state index in [0.29, 0.717) is 35.3 Å². The Hall–Kier alpha value is -2.78. The smallest absolute Gasteiger partial charge is 0.196 e. The van der Waals surface area contributed by atoms with Crippen LogP contribution in [0.25, 0.3) is 0 Å². The number of hydrogen-bond acceptors (Lipinski definition) is 8. The van der Waals surface area contributed by atoms with Crippen LogP contribution in [0.5, 0.6) is 0 Å². The van der Waals surface area contributed by atoms with E-state index < -0.39 is 0 Å². The summed E-state index contributed by atoms with van der Waals surface area (Å²) in [7, 11) is 0. The van der Waals surface area contributed by atoms with Crippen molar-refractivity contribution in [2.75, 3.05) is 89.4 Å². The standard InChI is InChI=1S/C26H32N4O4/c31-25-19-3-1-2-4-20(19)26(32)24-22(28-8-10-30-13-17-34-18-14-30)6-5-21(23(24)25)27-7-9-29-11-15-33-16-12-29/h1-6,27-28H,7-18H2. The fourth-order valence-electron chi connectivity index (χ4n) is 4.86. The van der Waals surface area contributed by atoms with Crippen molar-refractivity contribution < 1.29 is 19.1 Å². The van der Waals surface area contributed by atoms with Gasteiger partial charge >= 0.3 is 0 Å². The highest BCUT2D eigenvalue weighted by Crippen LogP contribution is 2.36. The van der Waals surface area contributed by atoms with Gasteiger partial charge in [0.2, 0.25) is 0 Å². The molecular formula is C26H32N4O4. The molecule has 0 aromatic heterocycles. The monoisotopic (exact) mass is 464 g/mol. The molecule has 2 saturated heterocycles. The third kappa shape index (κ3) is 4.86. The van der Waals surface area contributed by atoms with Gasteiger partial charge in [0, 0.05) is 74.9 Å². The predicted octanol–water partition coefficient (Wildman–Crippen LogP) is 1.95. The summed E-state index contributed by atoms with van der Waals surface area (Å²) < 4.78 is 10.8. The van der Waals surface area contributed by atoms with Crippen LogP contribution in [0, 0.1) is 0 Å². The van der Waals surface area contributed by atoms with Crippen LogP contribution in [-0.2, 0) is 9.47 Å². The van der Waals surface area contributed by atoms with Gasteiger partial charge in [-0.1, -0.05) is 24.3 Å². The normalized spacial score (nSPS) is 18.9.